The molecular formula is C22H22N2O4S. The standard InChI is InChI=1S/C22H22N2O4S/c1-2-28-22(27)15-6-5-11-24(13-15)21(26)14-9-10-19-17(12-14)23-20(25)16-7-3-4-8-18(16)29-19/h3-4,7-10,12,15H,2,5-6,11,13H2,1H3,(H,23,25)/t15-/m1/s1. The van der Waals surface area contributed by atoms with Crippen molar-refractivity contribution in [3.63, 3.8) is 0 Å². The Labute approximate surface area is 173 Å². The van der Waals surface area contributed by atoms with Gasteiger partial charge in [0.05, 0.1) is 23.8 Å². The first kappa shape index (κ1) is 19.5. The summed E-state index contributed by atoms with van der Waals surface area (Å²) in [4.78, 5) is 41.2. The molecule has 6 nitrogen and oxygen atoms in total. The lowest BCUT2D eigenvalue weighted by atomic mass is 9.97. The van der Waals surface area contributed by atoms with Crippen molar-refractivity contribution in [2.24, 2.45) is 5.92 Å². The third kappa shape index (κ3) is 4.00. The summed E-state index contributed by atoms with van der Waals surface area (Å²) in [7, 11) is 0. The normalized spacial score (nSPS) is 18.2. The van der Waals surface area contributed by atoms with E-state index < -0.39 is 0 Å². The van der Waals surface area contributed by atoms with Crippen molar-refractivity contribution in [2.75, 3.05) is 25.0 Å². The van der Waals surface area contributed by atoms with Gasteiger partial charge in [0.2, 0.25) is 0 Å². The van der Waals surface area contributed by atoms with Gasteiger partial charge in [0, 0.05) is 28.4 Å². The number of benzene rings is 2. The van der Waals surface area contributed by atoms with Gasteiger partial charge in [-0.15, -0.1) is 0 Å². The van der Waals surface area contributed by atoms with Crippen LogP contribution in [0.1, 0.15) is 40.5 Å². The van der Waals surface area contributed by atoms with E-state index in [4.69, 9.17) is 4.74 Å². The van der Waals surface area contributed by atoms with Gasteiger partial charge in [-0.05, 0) is 50.1 Å². The van der Waals surface area contributed by atoms with Crippen molar-refractivity contribution in [3.8, 4) is 0 Å². The minimum atomic E-state index is -0.279. The van der Waals surface area contributed by atoms with Crippen LogP contribution in [0, 0.1) is 5.92 Å². The highest BCUT2D eigenvalue weighted by Gasteiger charge is 2.30. The van der Waals surface area contributed by atoms with Crippen LogP contribution in [0.15, 0.2) is 52.3 Å². The zero-order valence-electron chi connectivity index (χ0n) is 16.1. The molecule has 0 radical (unpaired) electrons. The quantitative estimate of drug-likeness (QED) is 0.779. The number of esters is 1. The molecule has 2 aromatic carbocycles. The lowest BCUT2D eigenvalue weighted by Crippen LogP contribution is -2.42. The van der Waals surface area contributed by atoms with E-state index in [-0.39, 0.29) is 23.7 Å². The highest BCUT2D eigenvalue weighted by atomic mass is 32.2. The molecule has 1 saturated heterocycles. The van der Waals surface area contributed by atoms with E-state index in [9.17, 15) is 14.4 Å². The van der Waals surface area contributed by atoms with E-state index in [1.165, 1.54) is 11.8 Å². The first-order valence-corrected chi connectivity index (χ1v) is 10.6. The number of fused-ring (bicyclic) bond motifs is 2. The minimum absolute atomic E-state index is 0.136. The number of ether oxygens (including phenoxy) is 1. The first-order chi connectivity index (χ1) is 14.1. The monoisotopic (exact) mass is 410 g/mol. The Morgan fingerprint density at radius 2 is 2.03 bits per heavy atom. The van der Waals surface area contributed by atoms with Crippen LogP contribution in [-0.4, -0.2) is 42.4 Å². The molecular weight excluding hydrogens is 388 g/mol. The van der Waals surface area contributed by atoms with Gasteiger partial charge in [-0.25, -0.2) is 0 Å². The van der Waals surface area contributed by atoms with Gasteiger partial charge >= 0.3 is 5.97 Å². The fourth-order valence-electron chi connectivity index (χ4n) is 3.70. The number of carbonyl (C=O) groups excluding carboxylic acids is 3. The van der Waals surface area contributed by atoms with Crippen LogP contribution < -0.4 is 5.32 Å². The number of hydrogen-bond donors (Lipinski definition) is 1. The molecule has 7 heteroatoms. The Kier molecular flexibility index (Phi) is 5.58. The highest BCUT2D eigenvalue weighted by Crippen LogP contribution is 2.39. The number of rotatable bonds is 3. The molecule has 29 heavy (non-hydrogen) atoms. The van der Waals surface area contributed by atoms with Gasteiger partial charge in [0.1, 0.15) is 0 Å². The maximum Gasteiger partial charge on any atom is 0.310 e. The van der Waals surface area contributed by atoms with Crippen molar-refractivity contribution in [1.82, 2.24) is 4.90 Å². The second-order valence-corrected chi connectivity index (χ2v) is 8.19. The Hall–Kier alpha value is -2.80. The molecule has 2 aliphatic heterocycles. The third-order valence-electron chi connectivity index (χ3n) is 5.15. The molecule has 4 rings (SSSR count). The zero-order chi connectivity index (χ0) is 20.4. The number of anilines is 1. The lowest BCUT2D eigenvalue weighted by Gasteiger charge is -2.31. The lowest BCUT2D eigenvalue weighted by molar-refractivity contribution is -0.149. The summed E-state index contributed by atoms with van der Waals surface area (Å²) >= 11 is 1.50. The van der Waals surface area contributed by atoms with Crippen molar-refractivity contribution >= 4 is 35.2 Å². The van der Waals surface area contributed by atoms with Gasteiger partial charge in [0.25, 0.3) is 11.8 Å². The van der Waals surface area contributed by atoms with Gasteiger partial charge in [-0.2, -0.15) is 0 Å². The molecule has 0 saturated carbocycles. The fraction of sp³-hybridized carbons (Fsp3) is 0.318. The molecule has 1 atom stereocenters. The first-order valence-electron chi connectivity index (χ1n) is 9.75. The number of carbonyl (C=O) groups is 3. The smallest absolute Gasteiger partial charge is 0.310 e. The largest absolute Gasteiger partial charge is 0.466 e. The number of nitrogens with zero attached hydrogens (tertiary/aromatic N) is 1. The minimum Gasteiger partial charge on any atom is -0.466 e. The molecule has 0 bridgehead atoms. The molecule has 0 unspecified atom stereocenters. The Morgan fingerprint density at radius 1 is 1.21 bits per heavy atom. The fourth-order valence-corrected chi connectivity index (χ4v) is 4.71. The van der Waals surface area contributed by atoms with E-state index in [2.05, 4.69) is 5.32 Å². The van der Waals surface area contributed by atoms with Crippen LogP contribution in [0.25, 0.3) is 0 Å². The van der Waals surface area contributed by atoms with Crippen LogP contribution in [0.4, 0.5) is 5.69 Å². The van der Waals surface area contributed by atoms with Crippen LogP contribution in [0.5, 0.6) is 0 Å². The summed E-state index contributed by atoms with van der Waals surface area (Å²) < 4.78 is 5.12. The third-order valence-corrected chi connectivity index (χ3v) is 6.31. The Morgan fingerprint density at radius 3 is 2.86 bits per heavy atom. The molecule has 1 fully saturated rings. The second-order valence-electron chi connectivity index (χ2n) is 7.11. The maximum absolute atomic E-state index is 13.1. The van der Waals surface area contributed by atoms with Crippen molar-refractivity contribution in [2.45, 2.75) is 29.6 Å². The number of nitrogens with one attached hydrogen (secondary N) is 1. The average molecular weight is 410 g/mol. The molecule has 0 aromatic heterocycles. The van der Waals surface area contributed by atoms with Gasteiger partial charge < -0.3 is 15.0 Å². The van der Waals surface area contributed by atoms with E-state index in [0.717, 1.165) is 22.6 Å². The second kappa shape index (κ2) is 8.29. The van der Waals surface area contributed by atoms with Crippen LogP contribution >= 0.6 is 11.8 Å². The maximum atomic E-state index is 13.1. The predicted octanol–water partition coefficient (Wildman–Crippen LogP) is 3.82. The summed E-state index contributed by atoms with van der Waals surface area (Å²) in [6.45, 7) is 3.09. The SMILES string of the molecule is CCOC(=O)[C@@H]1CCCN(C(=O)c2ccc3c(c2)NC(=O)c2ccccc2S3)C1. The average Bonchev–Trinajstić information content (AvgIpc) is 2.88. The Balaban J connectivity index is 1.55. The van der Waals surface area contributed by atoms with Crippen LogP contribution in [-0.2, 0) is 9.53 Å². The molecule has 2 heterocycles. The number of amides is 2. The Bertz CT molecular complexity index is 975. The number of piperidine rings is 1. The molecule has 2 amide bonds. The molecule has 2 aromatic rings. The van der Waals surface area contributed by atoms with Gasteiger partial charge in [-0.3, -0.25) is 14.4 Å². The van der Waals surface area contributed by atoms with E-state index in [1.807, 2.05) is 24.3 Å². The van der Waals surface area contributed by atoms with E-state index in [0.29, 0.717) is 36.5 Å². The molecule has 1 N–H and O–H groups in total. The number of likely N-dealkylation sites (tertiary alicyclic amines) is 1. The number of hydrogen-bond acceptors (Lipinski definition) is 5. The summed E-state index contributed by atoms with van der Waals surface area (Å²) in [6, 6.07) is 12.8. The summed E-state index contributed by atoms with van der Waals surface area (Å²) in [5.41, 5.74) is 1.75. The van der Waals surface area contributed by atoms with E-state index >= 15 is 0 Å². The highest BCUT2D eigenvalue weighted by molar-refractivity contribution is 7.99. The topological polar surface area (TPSA) is 75.7 Å². The van der Waals surface area contributed by atoms with E-state index in [1.54, 1.807) is 30.0 Å². The van der Waals surface area contributed by atoms with Crippen molar-refractivity contribution in [1.29, 1.82) is 0 Å². The summed E-state index contributed by atoms with van der Waals surface area (Å²) in [5, 5.41) is 2.92. The predicted molar refractivity (Wildman–Crippen MR) is 110 cm³/mol. The molecule has 150 valence electrons. The van der Waals surface area contributed by atoms with Gasteiger partial charge in [-0.1, -0.05) is 23.9 Å². The van der Waals surface area contributed by atoms with Crippen molar-refractivity contribution in [3.05, 3.63) is 53.6 Å². The molecule has 0 aliphatic carbocycles. The van der Waals surface area contributed by atoms with Crippen LogP contribution in [0.2, 0.25) is 0 Å². The molecule has 0 spiro atoms. The zero-order valence-corrected chi connectivity index (χ0v) is 17.0. The van der Waals surface area contributed by atoms with Crippen LogP contribution in [0.3, 0.4) is 0 Å². The summed E-state index contributed by atoms with van der Waals surface area (Å²) in [6.07, 6.45) is 1.50. The molecule has 2 aliphatic rings. The van der Waals surface area contributed by atoms with Gasteiger partial charge in [0.15, 0.2) is 0 Å². The van der Waals surface area contributed by atoms with Crippen molar-refractivity contribution < 1.29 is 19.1 Å². The summed E-state index contributed by atoms with van der Waals surface area (Å²) in [5.74, 6) is -0.841.